The maximum atomic E-state index is 11.9. The molecule has 0 radical (unpaired) electrons. The number of likely N-dealkylation sites (N-methyl/N-ethyl adjacent to an activating group) is 1. The monoisotopic (exact) mass is 300 g/mol. The maximum Gasteiger partial charge on any atom is 0.264 e. The summed E-state index contributed by atoms with van der Waals surface area (Å²) < 4.78 is 10.7. The van der Waals surface area contributed by atoms with Crippen LogP contribution in [0.3, 0.4) is 0 Å². The highest BCUT2D eigenvalue weighted by molar-refractivity contribution is 6.01. The minimum atomic E-state index is -0.345. The molecule has 0 spiro atoms. The number of hydrogen-bond acceptors (Lipinski definition) is 4. The average Bonchev–Trinajstić information content (AvgIpc) is 2.51. The smallest absolute Gasteiger partial charge is 0.264 e. The van der Waals surface area contributed by atoms with Gasteiger partial charge in [-0.1, -0.05) is 6.08 Å². The Labute approximate surface area is 131 Å². The second-order valence-corrected chi connectivity index (χ2v) is 4.78. The summed E-state index contributed by atoms with van der Waals surface area (Å²) in [6.07, 6.45) is 3.88. The second-order valence-electron chi connectivity index (χ2n) is 4.78. The normalized spacial score (nSPS) is 10.6. The van der Waals surface area contributed by atoms with Gasteiger partial charge in [-0.15, -0.1) is 6.58 Å². The van der Waals surface area contributed by atoms with E-state index in [1.54, 1.807) is 40.5 Å². The summed E-state index contributed by atoms with van der Waals surface area (Å²) in [5, 5.41) is 9.17. The van der Waals surface area contributed by atoms with E-state index < -0.39 is 0 Å². The minimum Gasteiger partial charge on any atom is -0.493 e. The van der Waals surface area contributed by atoms with Crippen LogP contribution in [0.2, 0.25) is 0 Å². The molecule has 116 valence electrons. The molecule has 0 fully saturated rings. The summed E-state index contributed by atoms with van der Waals surface area (Å²) in [6, 6.07) is 5.51. The first-order chi connectivity index (χ1) is 10.5. The number of nitriles is 1. The minimum absolute atomic E-state index is 0.0572. The van der Waals surface area contributed by atoms with E-state index in [-0.39, 0.29) is 11.5 Å². The Morgan fingerprint density at radius 3 is 2.50 bits per heavy atom. The van der Waals surface area contributed by atoms with Crippen LogP contribution in [-0.2, 0) is 11.2 Å². The van der Waals surface area contributed by atoms with Crippen LogP contribution in [0.4, 0.5) is 0 Å². The van der Waals surface area contributed by atoms with E-state index in [0.717, 1.165) is 5.56 Å². The lowest BCUT2D eigenvalue weighted by Crippen LogP contribution is -2.22. The summed E-state index contributed by atoms with van der Waals surface area (Å²) in [5.41, 5.74) is 1.63. The number of rotatable bonds is 6. The summed E-state index contributed by atoms with van der Waals surface area (Å²) in [6.45, 7) is 3.72. The number of benzene rings is 1. The Bertz CT molecular complexity index is 640. The summed E-state index contributed by atoms with van der Waals surface area (Å²) >= 11 is 0. The van der Waals surface area contributed by atoms with Crippen LogP contribution in [0, 0.1) is 11.3 Å². The first-order valence-electron chi connectivity index (χ1n) is 6.67. The van der Waals surface area contributed by atoms with Gasteiger partial charge in [-0.2, -0.15) is 5.26 Å². The highest BCUT2D eigenvalue weighted by Gasteiger charge is 2.14. The molecule has 0 saturated carbocycles. The Hall–Kier alpha value is -2.74. The van der Waals surface area contributed by atoms with Crippen LogP contribution < -0.4 is 9.47 Å². The molecule has 0 aliphatic heterocycles. The topological polar surface area (TPSA) is 62.6 Å². The zero-order valence-corrected chi connectivity index (χ0v) is 13.3. The number of carbonyl (C=O) groups excluding carboxylic acids is 1. The summed E-state index contributed by atoms with van der Waals surface area (Å²) in [7, 11) is 6.31. The predicted octanol–water partition coefficient (Wildman–Crippen LogP) is 2.43. The summed E-state index contributed by atoms with van der Waals surface area (Å²) in [5.74, 6) is 0.822. The van der Waals surface area contributed by atoms with E-state index in [2.05, 4.69) is 6.58 Å². The number of amides is 1. The molecule has 1 amide bonds. The van der Waals surface area contributed by atoms with Gasteiger partial charge >= 0.3 is 0 Å². The third-order valence-corrected chi connectivity index (χ3v) is 3.01. The van der Waals surface area contributed by atoms with E-state index in [1.165, 1.54) is 11.0 Å². The lowest BCUT2D eigenvalue weighted by Gasteiger charge is -2.14. The Morgan fingerprint density at radius 2 is 2.05 bits per heavy atom. The van der Waals surface area contributed by atoms with Crippen molar-refractivity contribution in [1.82, 2.24) is 4.90 Å². The third-order valence-electron chi connectivity index (χ3n) is 3.01. The fraction of sp³-hybridized carbons (Fsp3) is 0.294. The molecule has 0 unspecified atom stereocenters. The van der Waals surface area contributed by atoms with Gasteiger partial charge in [0.25, 0.3) is 5.91 Å². The van der Waals surface area contributed by atoms with Crippen LogP contribution in [0.1, 0.15) is 11.1 Å². The van der Waals surface area contributed by atoms with Gasteiger partial charge in [0.15, 0.2) is 11.5 Å². The highest BCUT2D eigenvalue weighted by atomic mass is 16.5. The fourth-order valence-corrected chi connectivity index (χ4v) is 2.01. The van der Waals surface area contributed by atoms with Crippen LogP contribution in [0.15, 0.2) is 30.4 Å². The van der Waals surface area contributed by atoms with Crippen molar-refractivity contribution in [3.8, 4) is 17.6 Å². The standard InChI is InChI=1S/C17H20N2O3/c1-6-7-13-8-12(10-15(21-4)16(13)22-5)9-14(11-18)17(20)19(2)3/h6,8-10H,1,7H2,2-5H3/b14-9-. The second kappa shape index (κ2) is 7.89. The molecule has 22 heavy (non-hydrogen) atoms. The van der Waals surface area contributed by atoms with Gasteiger partial charge in [0.2, 0.25) is 0 Å². The Balaban J connectivity index is 3.42. The van der Waals surface area contributed by atoms with Crippen molar-refractivity contribution in [1.29, 1.82) is 5.26 Å². The zero-order valence-electron chi connectivity index (χ0n) is 13.3. The maximum absolute atomic E-state index is 11.9. The first-order valence-corrected chi connectivity index (χ1v) is 6.67. The van der Waals surface area contributed by atoms with Crippen LogP contribution >= 0.6 is 0 Å². The number of methoxy groups -OCH3 is 2. The molecule has 1 aromatic carbocycles. The largest absolute Gasteiger partial charge is 0.493 e. The van der Waals surface area contributed by atoms with Gasteiger partial charge in [0.05, 0.1) is 14.2 Å². The number of carbonyl (C=O) groups is 1. The van der Waals surface area contributed by atoms with Crippen molar-refractivity contribution in [2.75, 3.05) is 28.3 Å². The number of ether oxygens (including phenoxy) is 2. The molecule has 0 aliphatic rings. The molecular weight excluding hydrogens is 280 g/mol. The molecule has 0 saturated heterocycles. The lowest BCUT2D eigenvalue weighted by molar-refractivity contribution is -0.124. The molecule has 0 heterocycles. The first kappa shape index (κ1) is 17.3. The third kappa shape index (κ3) is 3.89. The van der Waals surface area contributed by atoms with Gasteiger partial charge < -0.3 is 14.4 Å². The van der Waals surface area contributed by atoms with Gasteiger partial charge in [-0.05, 0) is 30.2 Å². The Morgan fingerprint density at radius 1 is 1.36 bits per heavy atom. The van der Waals surface area contributed by atoms with Crippen molar-refractivity contribution in [2.24, 2.45) is 0 Å². The lowest BCUT2D eigenvalue weighted by atomic mass is 10.0. The number of allylic oxidation sites excluding steroid dienone is 1. The van der Waals surface area contributed by atoms with Crippen molar-refractivity contribution >= 4 is 12.0 Å². The SMILES string of the molecule is C=CCc1cc(/C=C(/C#N)C(=O)N(C)C)cc(OC)c1OC. The van der Waals surface area contributed by atoms with Crippen molar-refractivity contribution in [3.63, 3.8) is 0 Å². The number of hydrogen-bond donors (Lipinski definition) is 0. The van der Waals surface area contributed by atoms with E-state index in [0.29, 0.717) is 23.5 Å². The molecule has 1 rings (SSSR count). The van der Waals surface area contributed by atoms with E-state index in [4.69, 9.17) is 14.7 Å². The molecule has 1 aromatic rings. The van der Waals surface area contributed by atoms with Crippen molar-refractivity contribution in [3.05, 3.63) is 41.5 Å². The number of nitrogens with zero attached hydrogens (tertiary/aromatic N) is 2. The average molecular weight is 300 g/mol. The molecule has 0 aromatic heterocycles. The van der Waals surface area contributed by atoms with E-state index >= 15 is 0 Å². The van der Waals surface area contributed by atoms with Crippen molar-refractivity contribution < 1.29 is 14.3 Å². The van der Waals surface area contributed by atoms with Crippen molar-refractivity contribution in [2.45, 2.75) is 6.42 Å². The molecule has 5 heteroatoms. The van der Waals surface area contributed by atoms with Gasteiger partial charge in [-0.3, -0.25) is 4.79 Å². The van der Waals surface area contributed by atoms with Crippen LogP contribution in [0.5, 0.6) is 11.5 Å². The molecule has 0 bridgehead atoms. The quantitative estimate of drug-likeness (QED) is 0.460. The molecule has 0 atom stereocenters. The highest BCUT2D eigenvalue weighted by Crippen LogP contribution is 2.33. The van der Waals surface area contributed by atoms with E-state index in [1.807, 2.05) is 12.1 Å². The fourth-order valence-electron chi connectivity index (χ4n) is 2.01. The molecule has 0 aliphatic carbocycles. The van der Waals surface area contributed by atoms with E-state index in [9.17, 15) is 4.79 Å². The van der Waals surface area contributed by atoms with Gasteiger partial charge in [-0.25, -0.2) is 0 Å². The molecular formula is C17H20N2O3. The summed E-state index contributed by atoms with van der Waals surface area (Å²) in [4.78, 5) is 13.3. The van der Waals surface area contributed by atoms with Crippen LogP contribution in [-0.4, -0.2) is 39.1 Å². The molecule has 5 nitrogen and oxygen atoms in total. The predicted molar refractivity (Wildman–Crippen MR) is 85.7 cm³/mol. The molecule has 0 N–H and O–H groups in total. The van der Waals surface area contributed by atoms with Gasteiger partial charge in [0, 0.05) is 19.7 Å². The van der Waals surface area contributed by atoms with Gasteiger partial charge in [0.1, 0.15) is 11.6 Å². The Kier molecular flexibility index (Phi) is 6.21. The zero-order chi connectivity index (χ0) is 16.7. The van der Waals surface area contributed by atoms with Crippen LogP contribution in [0.25, 0.3) is 6.08 Å².